The van der Waals surface area contributed by atoms with Crippen LogP contribution in [0.5, 0.6) is 11.5 Å². The first kappa shape index (κ1) is 22.3. The smallest absolute Gasteiger partial charge is 0.257 e. The third kappa shape index (κ3) is 4.64. The molecule has 2 aliphatic heterocycles. The van der Waals surface area contributed by atoms with Crippen molar-refractivity contribution < 1.29 is 19.0 Å². The maximum absolute atomic E-state index is 13.4. The molecule has 2 aromatic rings. The van der Waals surface area contributed by atoms with E-state index in [-0.39, 0.29) is 11.9 Å². The van der Waals surface area contributed by atoms with E-state index in [1.807, 2.05) is 18.2 Å². The summed E-state index contributed by atoms with van der Waals surface area (Å²) in [5.41, 5.74) is 5.28. The number of amides is 1. The lowest BCUT2D eigenvalue weighted by atomic mass is 9.95. The number of carbonyl (C=O) groups excluding carboxylic acids is 1. The van der Waals surface area contributed by atoms with E-state index >= 15 is 0 Å². The molecule has 0 spiro atoms. The van der Waals surface area contributed by atoms with Crippen LogP contribution in [0.1, 0.15) is 34.7 Å². The molecule has 2 heterocycles. The molecule has 1 atom stereocenters. The number of rotatable bonds is 6. The Morgan fingerprint density at radius 1 is 1.06 bits per heavy atom. The Hall–Kier alpha value is -2.90. The minimum Gasteiger partial charge on any atom is -0.497 e. The zero-order valence-electron chi connectivity index (χ0n) is 19.3. The van der Waals surface area contributed by atoms with Crippen LogP contribution in [0.3, 0.4) is 0 Å². The number of aryl methyl sites for hydroxylation is 2. The van der Waals surface area contributed by atoms with Crippen LogP contribution < -0.4 is 9.47 Å². The summed E-state index contributed by atoms with van der Waals surface area (Å²) in [5.74, 6) is 1.41. The lowest BCUT2D eigenvalue weighted by Gasteiger charge is -2.29. The molecule has 0 radical (unpaired) electrons. The van der Waals surface area contributed by atoms with Gasteiger partial charge in [0.1, 0.15) is 11.5 Å². The summed E-state index contributed by atoms with van der Waals surface area (Å²) in [6.07, 6.45) is 0.612. The van der Waals surface area contributed by atoms with Crippen LogP contribution >= 0.6 is 0 Å². The second kappa shape index (κ2) is 9.71. The molecule has 4 rings (SSSR count). The fourth-order valence-electron chi connectivity index (χ4n) is 4.20. The van der Waals surface area contributed by atoms with Crippen molar-refractivity contribution in [1.29, 1.82) is 0 Å². The van der Waals surface area contributed by atoms with Crippen molar-refractivity contribution >= 4 is 11.6 Å². The van der Waals surface area contributed by atoms with Gasteiger partial charge in [-0.05, 0) is 54.8 Å². The third-order valence-corrected chi connectivity index (χ3v) is 6.26. The predicted molar refractivity (Wildman–Crippen MR) is 123 cm³/mol. The van der Waals surface area contributed by atoms with Crippen LogP contribution in [0.15, 0.2) is 41.5 Å². The highest BCUT2D eigenvalue weighted by Gasteiger charge is 2.36. The molecule has 0 bridgehead atoms. The average Bonchev–Trinajstić information content (AvgIpc) is 3.26. The van der Waals surface area contributed by atoms with Gasteiger partial charge in [-0.25, -0.2) is 5.01 Å². The molecule has 1 amide bonds. The molecule has 7 nitrogen and oxygen atoms in total. The summed E-state index contributed by atoms with van der Waals surface area (Å²) in [6, 6.07) is 11.8. The van der Waals surface area contributed by atoms with E-state index in [1.165, 1.54) is 11.1 Å². The van der Waals surface area contributed by atoms with E-state index in [1.54, 1.807) is 19.2 Å². The normalized spacial score (nSPS) is 19.1. The third-order valence-electron chi connectivity index (χ3n) is 6.26. The summed E-state index contributed by atoms with van der Waals surface area (Å²) < 4.78 is 16.5. The summed E-state index contributed by atoms with van der Waals surface area (Å²) in [5, 5.41) is 6.47. The van der Waals surface area contributed by atoms with Crippen LogP contribution in [-0.2, 0) is 9.53 Å². The maximum Gasteiger partial charge on any atom is 0.257 e. The Morgan fingerprint density at radius 3 is 2.53 bits per heavy atom. The minimum absolute atomic E-state index is 0.0272. The number of ether oxygens (including phenoxy) is 3. The van der Waals surface area contributed by atoms with Gasteiger partial charge < -0.3 is 14.2 Å². The zero-order chi connectivity index (χ0) is 22.7. The van der Waals surface area contributed by atoms with Crippen molar-refractivity contribution in [3.05, 3.63) is 58.7 Å². The fraction of sp³-hybridized carbons (Fsp3) is 0.440. The van der Waals surface area contributed by atoms with Gasteiger partial charge in [0.2, 0.25) is 0 Å². The molecule has 0 saturated carbocycles. The molecule has 0 N–H and O–H groups in total. The fourth-order valence-corrected chi connectivity index (χ4v) is 4.20. The van der Waals surface area contributed by atoms with Crippen LogP contribution in [0.4, 0.5) is 0 Å². The topological polar surface area (TPSA) is 63.6 Å². The molecular weight excluding hydrogens is 406 g/mol. The molecule has 2 aliphatic rings. The molecular formula is C25H31N3O4. The van der Waals surface area contributed by atoms with Gasteiger partial charge in [0.25, 0.3) is 5.91 Å². The first-order valence-electron chi connectivity index (χ1n) is 11.0. The van der Waals surface area contributed by atoms with Gasteiger partial charge in [0, 0.05) is 25.1 Å². The Balaban J connectivity index is 1.69. The van der Waals surface area contributed by atoms with Gasteiger partial charge in [-0.3, -0.25) is 9.69 Å². The SMILES string of the molecule is COc1ccc(OC)c(C2CC(c3ccc(C)c(C)c3)=NN2C(=O)CN2CCOCC2)c1. The predicted octanol–water partition coefficient (Wildman–Crippen LogP) is 3.33. The van der Waals surface area contributed by atoms with Gasteiger partial charge in [0.05, 0.1) is 45.7 Å². The van der Waals surface area contributed by atoms with Gasteiger partial charge in [-0.1, -0.05) is 12.1 Å². The lowest BCUT2D eigenvalue weighted by molar-refractivity contribution is -0.135. The second-order valence-corrected chi connectivity index (χ2v) is 8.30. The van der Waals surface area contributed by atoms with Crippen molar-refractivity contribution in [2.75, 3.05) is 47.1 Å². The van der Waals surface area contributed by atoms with Crippen molar-refractivity contribution in [3.8, 4) is 11.5 Å². The molecule has 32 heavy (non-hydrogen) atoms. The lowest BCUT2D eigenvalue weighted by Crippen LogP contribution is -2.43. The van der Waals surface area contributed by atoms with E-state index in [0.717, 1.165) is 41.4 Å². The van der Waals surface area contributed by atoms with Crippen molar-refractivity contribution in [3.63, 3.8) is 0 Å². The highest BCUT2D eigenvalue weighted by atomic mass is 16.5. The number of hydrazone groups is 1. The van der Waals surface area contributed by atoms with E-state index in [0.29, 0.717) is 26.2 Å². The summed E-state index contributed by atoms with van der Waals surface area (Å²) in [7, 11) is 3.28. The number of hydrogen-bond donors (Lipinski definition) is 0. The number of nitrogens with zero attached hydrogens (tertiary/aromatic N) is 3. The zero-order valence-corrected chi connectivity index (χ0v) is 19.3. The average molecular weight is 438 g/mol. The first-order chi connectivity index (χ1) is 15.5. The Labute approximate surface area is 189 Å². The van der Waals surface area contributed by atoms with Gasteiger partial charge >= 0.3 is 0 Å². The quantitative estimate of drug-likeness (QED) is 0.694. The molecule has 0 aromatic heterocycles. The highest BCUT2D eigenvalue weighted by Crippen LogP contribution is 2.39. The number of methoxy groups -OCH3 is 2. The molecule has 7 heteroatoms. The van der Waals surface area contributed by atoms with E-state index < -0.39 is 0 Å². The summed E-state index contributed by atoms with van der Waals surface area (Å²) >= 11 is 0. The standard InChI is InChI=1S/C25H31N3O4/c1-17-5-6-19(13-18(17)2)22-15-23(21-14-20(30-3)7-8-24(21)31-4)28(26-22)25(29)16-27-9-11-32-12-10-27/h5-8,13-14,23H,9-12,15-16H2,1-4H3. The molecule has 170 valence electrons. The van der Waals surface area contributed by atoms with Crippen LogP contribution in [0, 0.1) is 13.8 Å². The first-order valence-corrected chi connectivity index (χ1v) is 11.0. The number of hydrogen-bond acceptors (Lipinski definition) is 6. The maximum atomic E-state index is 13.4. The number of benzene rings is 2. The van der Waals surface area contributed by atoms with E-state index in [4.69, 9.17) is 19.3 Å². The number of carbonyl (C=O) groups is 1. The van der Waals surface area contributed by atoms with Crippen LogP contribution in [0.2, 0.25) is 0 Å². The van der Waals surface area contributed by atoms with E-state index in [9.17, 15) is 4.79 Å². The molecule has 1 saturated heterocycles. The van der Waals surface area contributed by atoms with Gasteiger partial charge in [-0.15, -0.1) is 0 Å². The largest absolute Gasteiger partial charge is 0.497 e. The van der Waals surface area contributed by atoms with Gasteiger partial charge in [0.15, 0.2) is 0 Å². The minimum atomic E-state index is -0.259. The van der Waals surface area contributed by atoms with Crippen LogP contribution in [-0.4, -0.2) is 68.6 Å². The monoisotopic (exact) mass is 437 g/mol. The van der Waals surface area contributed by atoms with Crippen LogP contribution in [0.25, 0.3) is 0 Å². The summed E-state index contributed by atoms with van der Waals surface area (Å²) in [6.45, 7) is 7.31. The van der Waals surface area contributed by atoms with E-state index in [2.05, 4.69) is 36.9 Å². The molecule has 1 unspecified atom stereocenters. The Kier molecular flexibility index (Phi) is 6.77. The molecule has 2 aromatic carbocycles. The van der Waals surface area contributed by atoms with Crippen molar-refractivity contribution in [2.45, 2.75) is 26.3 Å². The van der Waals surface area contributed by atoms with Crippen molar-refractivity contribution in [1.82, 2.24) is 9.91 Å². The highest BCUT2D eigenvalue weighted by molar-refractivity contribution is 6.03. The van der Waals surface area contributed by atoms with Gasteiger partial charge in [-0.2, -0.15) is 5.10 Å². The Bertz CT molecular complexity index is 1010. The Morgan fingerprint density at radius 2 is 1.84 bits per heavy atom. The number of morpholine rings is 1. The molecule has 0 aliphatic carbocycles. The molecule has 1 fully saturated rings. The summed E-state index contributed by atoms with van der Waals surface area (Å²) in [4.78, 5) is 15.5. The van der Waals surface area contributed by atoms with Crippen molar-refractivity contribution in [2.24, 2.45) is 5.10 Å². The second-order valence-electron chi connectivity index (χ2n) is 8.30.